The minimum atomic E-state index is -0.408. The lowest BCUT2D eigenvalue weighted by atomic mass is 9.97. The summed E-state index contributed by atoms with van der Waals surface area (Å²) in [6, 6.07) is 4.29. The van der Waals surface area contributed by atoms with Crippen molar-refractivity contribution in [2.45, 2.75) is 26.4 Å². The van der Waals surface area contributed by atoms with Gasteiger partial charge < -0.3 is 5.11 Å². The lowest BCUT2D eigenvalue weighted by Crippen LogP contribution is -2.15. The summed E-state index contributed by atoms with van der Waals surface area (Å²) in [6.45, 7) is 3.63. The molecule has 1 aromatic carbocycles. The zero-order valence-electron chi connectivity index (χ0n) is 8.30. The lowest BCUT2D eigenvalue weighted by Gasteiger charge is -2.15. The first-order valence-electron chi connectivity index (χ1n) is 4.62. The minimum absolute atomic E-state index is 0.0781. The minimum Gasteiger partial charge on any atom is -0.393 e. The molecule has 0 spiro atoms. The Kier molecular flexibility index (Phi) is 3.90. The molecule has 0 saturated carbocycles. The van der Waals surface area contributed by atoms with Crippen molar-refractivity contribution in [3.05, 3.63) is 34.6 Å². The van der Waals surface area contributed by atoms with E-state index in [-0.39, 0.29) is 11.7 Å². The summed E-state index contributed by atoms with van der Waals surface area (Å²) in [6.07, 6.45) is 0.184. The third-order valence-corrected chi connectivity index (χ3v) is 2.74. The standard InChI is InChI=1S/C11H14ClFO/c1-7(8(2)14)5-9-6-10(13)3-4-11(9)12/h3-4,6-8,14H,5H2,1-2H3. The van der Waals surface area contributed by atoms with E-state index < -0.39 is 6.10 Å². The van der Waals surface area contributed by atoms with Crippen molar-refractivity contribution in [1.82, 2.24) is 0 Å². The Morgan fingerprint density at radius 2 is 2.07 bits per heavy atom. The summed E-state index contributed by atoms with van der Waals surface area (Å²) in [5, 5.41) is 9.86. The fraction of sp³-hybridized carbons (Fsp3) is 0.455. The van der Waals surface area contributed by atoms with E-state index in [1.807, 2.05) is 6.92 Å². The molecule has 0 heterocycles. The molecule has 2 atom stereocenters. The Bertz CT molecular complexity index is 312. The van der Waals surface area contributed by atoms with Crippen molar-refractivity contribution in [2.24, 2.45) is 5.92 Å². The van der Waals surface area contributed by atoms with Crippen LogP contribution in [0.3, 0.4) is 0 Å². The van der Waals surface area contributed by atoms with Gasteiger partial charge in [0.2, 0.25) is 0 Å². The van der Waals surface area contributed by atoms with Crippen molar-refractivity contribution >= 4 is 11.6 Å². The second-order valence-electron chi connectivity index (χ2n) is 3.66. The van der Waals surface area contributed by atoms with Crippen LogP contribution in [-0.4, -0.2) is 11.2 Å². The van der Waals surface area contributed by atoms with Crippen LogP contribution in [0.1, 0.15) is 19.4 Å². The van der Waals surface area contributed by atoms with E-state index in [2.05, 4.69) is 0 Å². The Balaban J connectivity index is 2.80. The van der Waals surface area contributed by atoms with E-state index in [1.54, 1.807) is 13.0 Å². The van der Waals surface area contributed by atoms with Gasteiger partial charge in [0.15, 0.2) is 0 Å². The number of aliphatic hydroxyl groups is 1. The molecule has 0 fully saturated rings. The summed E-state index contributed by atoms with van der Waals surface area (Å²) in [5.41, 5.74) is 0.750. The van der Waals surface area contributed by atoms with Gasteiger partial charge in [0.25, 0.3) is 0 Å². The first kappa shape index (κ1) is 11.5. The predicted molar refractivity (Wildman–Crippen MR) is 56.0 cm³/mol. The third-order valence-electron chi connectivity index (χ3n) is 2.37. The highest BCUT2D eigenvalue weighted by Crippen LogP contribution is 2.21. The smallest absolute Gasteiger partial charge is 0.123 e. The van der Waals surface area contributed by atoms with Crippen molar-refractivity contribution in [1.29, 1.82) is 0 Å². The zero-order valence-corrected chi connectivity index (χ0v) is 9.05. The molecule has 0 amide bonds. The monoisotopic (exact) mass is 216 g/mol. The van der Waals surface area contributed by atoms with E-state index in [9.17, 15) is 9.50 Å². The first-order chi connectivity index (χ1) is 6.50. The number of aliphatic hydroxyl groups excluding tert-OH is 1. The topological polar surface area (TPSA) is 20.2 Å². The highest BCUT2D eigenvalue weighted by molar-refractivity contribution is 6.31. The van der Waals surface area contributed by atoms with Crippen LogP contribution in [0.4, 0.5) is 4.39 Å². The van der Waals surface area contributed by atoms with E-state index in [4.69, 9.17) is 11.6 Å². The van der Waals surface area contributed by atoms with Crippen molar-refractivity contribution < 1.29 is 9.50 Å². The quantitative estimate of drug-likeness (QED) is 0.824. The molecule has 0 aliphatic rings. The molecular weight excluding hydrogens is 203 g/mol. The summed E-state index contributed by atoms with van der Waals surface area (Å²) < 4.78 is 12.9. The van der Waals surface area contributed by atoms with Gasteiger partial charge >= 0.3 is 0 Å². The Labute approximate surface area is 88.5 Å². The molecule has 3 heteroatoms. The number of hydrogen-bond donors (Lipinski definition) is 1. The molecule has 0 aliphatic carbocycles. The molecule has 0 aromatic heterocycles. The molecule has 2 unspecified atom stereocenters. The van der Waals surface area contributed by atoms with Gasteiger partial charge in [-0.05, 0) is 43.0 Å². The van der Waals surface area contributed by atoms with Gasteiger partial charge in [-0.25, -0.2) is 4.39 Å². The van der Waals surface area contributed by atoms with Crippen LogP contribution in [0.2, 0.25) is 5.02 Å². The molecule has 1 N–H and O–H groups in total. The van der Waals surface area contributed by atoms with Gasteiger partial charge in [-0.3, -0.25) is 0 Å². The second kappa shape index (κ2) is 4.76. The summed E-state index contributed by atoms with van der Waals surface area (Å²) in [4.78, 5) is 0. The molecule has 1 rings (SSSR count). The van der Waals surface area contributed by atoms with Gasteiger partial charge in [0.1, 0.15) is 5.82 Å². The van der Waals surface area contributed by atoms with Gasteiger partial charge in [0, 0.05) is 5.02 Å². The number of hydrogen-bond acceptors (Lipinski definition) is 1. The van der Waals surface area contributed by atoms with Gasteiger partial charge in [-0.15, -0.1) is 0 Å². The number of benzene rings is 1. The molecular formula is C11H14ClFO. The van der Waals surface area contributed by atoms with Gasteiger partial charge in [-0.2, -0.15) is 0 Å². The maximum Gasteiger partial charge on any atom is 0.123 e. The molecule has 78 valence electrons. The molecule has 0 saturated heterocycles. The Morgan fingerprint density at radius 3 is 2.64 bits per heavy atom. The van der Waals surface area contributed by atoms with Gasteiger partial charge in [-0.1, -0.05) is 18.5 Å². The van der Waals surface area contributed by atoms with E-state index in [1.165, 1.54) is 12.1 Å². The third kappa shape index (κ3) is 2.96. The molecule has 0 radical (unpaired) electrons. The average Bonchev–Trinajstić information content (AvgIpc) is 2.11. The fourth-order valence-electron chi connectivity index (χ4n) is 1.22. The summed E-state index contributed by atoms with van der Waals surface area (Å²) >= 11 is 5.90. The van der Waals surface area contributed by atoms with E-state index in [0.717, 1.165) is 5.56 Å². The number of rotatable bonds is 3. The fourth-order valence-corrected chi connectivity index (χ4v) is 1.41. The molecule has 0 bridgehead atoms. The normalized spacial score (nSPS) is 15.2. The molecule has 1 nitrogen and oxygen atoms in total. The largest absolute Gasteiger partial charge is 0.393 e. The summed E-state index contributed by atoms with van der Waals surface area (Å²) in [7, 11) is 0. The van der Waals surface area contributed by atoms with Crippen LogP contribution >= 0.6 is 11.6 Å². The summed E-state index contributed by atoms with van der Waals surface area (Å²) in [5.74, 6) is -0.212. The van der Waals surface area contributed by atoms with Crippen LogP contribution in [0, 0.1) is 11.7 Å². The maximum absolute atomic E-state index is 12.9. The van der Waals surface area contributed by atoms with Crippen LogP contribution < -0.4 is 0 Å². The lowest BCUT2D eigenvalue weighted by molar-refractivity contribution is 0.135. The zero-order chi connectivity index (χ0) is 10.7. The maximum atomic E-state index is 12.9. The van der Waals surface area contributed by atoms with Crippen LogP contribution in [0.25, 0.3) is 0 Å². The molecule has 1 aromatic rings. The first-order valence-corrected chi connectivity index (χ1v) is 5.00. The van der Waals surface area contributed by atoms with Crippen molar-refractivity contribution in [2.75, 3.05) is 0 Å². The highest BCUT2D eigenvalue weighted by Gasteiger charge is 2.12. The highest BCUT2D eigenvalue weighted by atomic mass is 35.5. The number of halogens is 2. The van der Waals surface area contributed by atoms with Crippen molar-refractivity contribution in [3.63, 3.8) is 0 Å². The van der Waals surface area contributed by atoms with Gasteiger partial charge in [0.05, 0.1) is 6.10 Å². The van der Waals surface area contributed by atoms with E-state index >= 15 is 0 Å². The molecule has 0 aliphatic heterocycles. The Hall–Kier alpha value is -0.600. The average molecular weight is 217 g/mol. The van der Waals surface area contributed by atoms with Crippen molar-refractivity contribution in [3.8, 4) is 0 Å². The Morgan fingerprint density at radius 1 is 1.43 bits per heavy atom. The van der Waals surface area contributed by atoms with Crippen LogP contribution in [-0.2, 0) is 6.42 Å². The van der Waals surface area contributed by atoms with E-state index in [0.29, 0.717) is 11.4 Å². The second-order valence-corrected chi connectivity index (χ2v) is 4.06. The SMILES string of the molecule is CC(O)C(C)Cc1cc(F)ccc1Cl. The van der Waals surface area contributed by atoms with Crippen LogP contribution in [0.5, 0.6) is 0 Å². The predicted octanol–water partition coefficient (Wildman–Crippen LogP) is 3.04. The molecule has 14 heavy (non-hydrogen) atoms. The van der Waals surface area contributed by atoms with Crippen LogP contribution in [0.15, 0.2) is 18.2 Å².